The van der Waals surface area contributed by atoms with Crippen LogP contribution >= 0.6 is 11.6 Å². The van der Waals surface area contributed by atoms with E-state index in [0.717, 1.165) is 40.6 Å². The molecule has 35 heavy (non-hydrogen) atoms. The molecule has 2 aromatic heterocycles. The van der Waals surface area contributed by atoms with E-state index in [-0.39, 0.29) is 5.75 Å². The van der Waals surface area contributed by atoms with Crippen molar-refractivity contribution >= 4 is 48.7 Å². The number of benzene rings is 2. The summed E-state index contributed by atoms with van der Waals surface area (Å²) in [5.74, 6) is 0.563. The third-order valence-electron chi connectivity index (χ3n) is 6.78. The van der Waals surface area contributed by atoms with Crippen molar-refractivity contribution in [3.63, 3.8) is 0 Å². The Morgan fingerprint density at radius 3 is 2.77 bits per heavy atom. The molecule has 178 valence electrons. The van der Waals surface area contributed by atoms with Gasteiger partial charge in [-0.1, -0.05) is 47.5 Å². The highest BCUT2D eigenvalue weighted by atomic mass is 35.5. The predicted octanol–water partition coefficient (Wildman–Crippen LogP) is 6.83. The van der Waals surface area contributed by atoms with Crippen LogP contribution in [0.1, 0.15) is 30.4 Å². The number of nitrogens with zero attached hydrogens (tertiary/aromatic N) is 2. The Labute approximate surface area is 211 Å². The van der Waals surface area contributed by atoms with Crippen molar-refractivity contribution < 1.29 is 8.42 Å². The first-order valence-corrected chi connectivity index (χ1v) is 14.3. The SMILES string of the molecule is CS(=O)(=O)CCC1Cc2c(ccc3cc(Cl)ccc23)C2=C1CCC=C2.c1cnc2ccncc2c1. The van der Waals surface area contributed by atoms with Crippen LogP contribution in [0.5, 0.6) is 0 Å². The summed E-state index contributed by atoms with van der Waals surface area (Å²) >= 11 is 6.15. The second kappa shape index (κ2) is 9.92. The molecule has 4 nitrogen and oxygen atoms in total. The molecule has 4 aromatic rings. The van der Waals surface area contributed by atoms with Gasteiger partial charge in [-0.2, -0.15) is 0 Å². The molecule has 0 fully saturated rings. The number of halogens is 1. The molecule has 1 atom stereocenters. The lowest BCUT2D eigenvalue weighted by molar-refractivity contribution is 0.546. The van der Waals surface area contributed by atoms with E-state index < -0.39 is 9.84 Å². The number of hydrogen-bond acceptors (Lipinski definition) is 4. The minimum absolute atomic E-state index is 0.254. The zero-order valence-corrected chi connectivity index (χ0v) is 21.2. The topological polar surface area (TPSA) is 59.9 Å². The summed E-state index contributed by atoms with van der Waals surface area (Å²) in [6, 6.07) is 16.2. The molecular weight excluding hydrogens is 476 g/mol. The van der Waals surface area contributed by atoms with E-state index in [4.69, 9.17) is 11.6 Å². The van der Waals surface area contributed by atoms with Gasteiger partial charge in [0.25, 0.3) is 0 Å². The van der Waals surface area contributed by atoms with E-state index in [0.29, 0.717) is 12.3 Å². The summed E-state index contributed by atoms with van der Waals surface area (Å²) in [4.78, 5) is 8.11. The molecule has 0 N–H and O–H groups in total. The number of sulfone groups is 1. The smallest absolute Gasteiger partial charge is 0.147 e. The van der Waals surface area contributed by atoms with Gasteiger partial charge in [-0.05, 0) is 89.4 Å². The second-order valence-electron chi connectivity index (χ2n) is 9.23. The lowest BCUT2D eigenvalue weighted by atomic mass is 9.73. The predicted molar refractivity (Wildman–Crippen MR) is 145 cm³/mol. The van der Waals surface area contributed by atoms with Crippen LogP contribution in [0.25, 0.3) is 27.2 Å². The monoisotopic (exact) mass is 502 g/mol. The van der Waals surface area contributed by atoms with Crippen molar-refractivity contribution in [1.29, 1.82) is 0 Å². The van der Waals surface area contributed by atoms with Crippen LogP contribution in [0.15, 0.2) is 84.8 Å². The Morgan fingerprint density at radius 2 is 1.94 bits per heavy atom. The van der Waals surface area contributed by atoms with Gasteiger partial charge in [0.15, 0.2) is 0 Å². The fourth-order valence-corrected chi connectivity index (χ4v) is 6.02. The molecule has 0 radical (unpaired) electrons. The standard InChI is InChI=1S/C21H21ClO2S.C8H6N2/c1-25(23,24)11-10-15-13-21-18-9-7-16(22)12-14(18)6-8-20(21)19-5-3-2-4-17(15)19;1-2-7-6-9-5-3-8(7)10-4-1/h3,5-9,12,15H,2,4,10-11,13H2,1H3;1-6H. The minimum Gasteiger partial charge on any atom is -0.264 e. The molecule has 0 saturated heterocycles. The molecule has 6 heteroatoms. The molecule has 2 aromatic carbocycles. The summed E-state index contributed by atoms with van der Waals surface area (Å²) in [5, 5.41) is 4.22. The van der Waals surface area contributed by atoms with Crippen molar-refractivity contribution in [2.45, 2.75) is 25.7 Å². The van der Waals surface area contributed by atoms with Crippen LogP contribution < -0.4 is 0 Å². The molecule has 0 bridgehead atoms. The highest BCUT2D eigenvalue weighted by molar-refractivity contribution is 7.90. The molecule has 0 saturated carbocycles. The number of pyridine rings is 2. The van der Waals surface area contributed by atoms with Crippen molar-refractivity contribution in [2.75, 3.05) is 12.0 Å². The van der Waals surface area contributed by atoms with E-state index in [1.54, 1.807) is 12.4 Å². The maximum absolute atomic E-state index is 11.7. The first kappa shape index (κ1) is 23.7. The third kappa shape index (κ3) is 5.31. The Hall–Kier alpha value is -3.02. The zero-order valence-electron chi connectivity index (χ0n) is 19.6. The fourth-order valence-electron chi connectivity index (χ4n) is 5.12. The normalized spacial score (nSPS) is 17.0. The van der Waals surface area contributed by atoms with Gasteiger partial charge in [0.2, 0.25) is 0 Å². The van der Waals surface area contributed by atoms with Crippen molar-refractivity contribution in [1.82, 2.24) is 9.97 Å². The Morgan fingerprint density at radius 1 is 1.06 bits per heavy atom. The zero-order chi connectivity index (χ0) is 24.4. The Kier molecular flexibility index (Phi) is 6.72. The lowest BCUT2D eigenvalue weighted by Crippen LogP contribution is -2.20. The Balaban J connectivity index is 0.000000211. The summed E-state index contributed by atoms with van der Waals surface area (Å²) in [6.07, 6.45) is 14.8. The molecular formula is C29H27ClN2O2S. The van der Waals surface area contributed by atoms with E-state index in [9.17, 15) is 8.42 Å². The van der Waals surface area contributed by atoms with E-state index >= 15 is 0 Å². The van der Waals surface area contributed by atoms with Crippen molar-refractivity contribution in [2.24, 2.45) is 5.92 Å². The number of hydrogen-bond donors (Lipinski definition) is 0. The molecule has 1 unspecified atom stereocenters. The van der Waals surface area contributed by atoms with Crippen LogP contribution in [0.2, 0.25) is 5.02 Å². The first-order chi connectivity index (χ1) is 16.9. The lowest BCUT2D eigenvalue weighted by Gasteiger charge is -2.32. The molecule has 2 aliphatic carbocycles. The second-order valence-corrected chi connectivity index (χ2v) is 11.9. The van der Waals surface area contributed by atoms with Gasteiger partial charge in [0.1, 0.15) is 9.84 Å². The maximum Gasteiger partial charge on any atom is 0.147 e. The van der Waals surface area contributed by atoms with Crippen LogP contribution in [0, 0.1) is 5.92 Å². The highest BCUT2D eigenvalue weighted by Gasteiger charge is 2.28. The number of fused-ring (bicyclic) bond motifs is 5. The van der Waals surface area contributed by atoms with Gasteiger partial charge in [0, 0.05) is 35.3 Å². The molecule has 6 rings (SSSR count). The quantitative estimate of drug-likeness (QED) is 0.308. The van der Waals surface area contributed by atoms with E-state index in [1.807, 2.05) is 36.5 Å². The largest absolute Gasteiger partial charge is 0.264 e. The van der Waals surface area contributed by atoms with Gasteiger partial charge in [0.05, 0.1) is 11.3 Å². The van der Waals surface area contributed by atoms with Gasteiger partial charge in [-0.3, -0.25) is 9.97 Å². The van der Waals surface area contributed by atoms with E-state index in [2.05, 4.69) is 40.3 Å². The number of rotatable bonds is 3. The van der Waals surface area contributed by atoms with Gasteiger partial charge in [-0.25, -0.2) is 8.42 Å². The third-order valence-corrected chi connectivity index (χ3v) is 7.99. The van der Waals surface area contributed by atoms with Crippen molar-refractivity contribution in [3.05, 3.63) is 101 Å². The average Bonchev–Trinajstić information content (AvgIpc) is 2.87. The molecule has 2 aliphatic rings. The maximum atomic E-state index is 11.7. The van der Waals surface area contributed by atoms with Crippen LogP contribution in [-0.4, -0.2) is 30.4 Å². The van der Waals surface area contributed by atoms with E-state index in [1.165, 1.54) is 33.9 Å². The number of aromatic nitrogens is 2. The summed E-state index contributed by atoms with van der Waals surface area (Å²) < 4.78 is 23.4. The van der Waals surface area contributed by atoms with Crippen LogP contribution in [0.4, 0.5) is 0 Å². The van der Waals surface area contributed by atoms with Crippen molar-refractivity contribution in [3.8, 4) is 0 Å². The molecule has 0 aliphatic heterocycles. The highest BCUT2D eigenvalue weighted by Crippen LogP contribution is 2.44. The molecule has 2 heterocycles. The number of allylic oxidation sites excluding steroid dienone is 4. The average molecular weight is 503 g/mol. The van der Waals surface area contributed by atoms with Gasteiger partial charge < -0.3 is 0 Å². The summed E-state index contributed by atoms with van der Waals surface area (Å²) in [7, 11) is -2.94. The fraction of sp³-hybridized carbons (Fsp3) is 0.241. The molecule has 0 amide bonds. The first-order valence-electron chi connectivity index (χ1n) is 11.8. The minimum atomic E-state index is -2.94. The summed E-state index contributed by atoms with van der Waals surface area (Å²) in [6.45, 7) is 0. The Bertz CT molecular complexity index is 1510. The summed E-state index contributed by atoms with van der Waals surface area (Å²) in [5.41, 5.74) is 6.38. The molecule has 0 spiro atoms. The van der Waals surface area contributed by atoms with Crippen LogP contribution in [0.3, 0.4) is 0 Å². The van der Waals surface area contributed by atoms with Gasteiger partial charge in [-0.15, -0.1) is 0 Å². The van der Waals surface area contributed by atoms with Crippen LogP contribution in [-0.2, 0) is 16.3 Å². The van der Waals surface area contributed by atoms with Gasteiger partial charge >= 0.3 is 0 Å².